The molecule has 0 radical (unpaired) electrons. The molecule has 2 aromatic heterocycles. The summed E-state index contributed by atoms with van der Waals surface area (Å²) in [5, 5.41) is 6.60. The second kappa shape index (κ2) is 4.78. The van der Waals surface area contributed by atoms with Gasteiger partial charge in [0.05, 0.1) is 11.6 Å². The van der Waals surface area contributed by atoms with Gasteiger partial charge in [0.15, 0.2) is 0 Å². The van der Waals surface area contributed by atoms with E-state index in [-0.39, 0.29) is 0 Å². The molecule has 0 spiro atoms. The fourth-order valence-corrected chi connectivity index (χ4v) is 2.77. The van der Waals surface area contributed by atoms with Gasteiger partial charge in [-0.15, -0.1) is 11.8 Å². The predicted octanol–water partition coefficient (Wildman–Crippen LogP) is 2.74. The monoisotopic (exact) mass is 258 g/mol. The van der Waals surface area contributed by atoms with Crippen LogP contribution < -0.4 is 5.73 Å². The zero-order valence-corrected chi connectivity index (χ0v) is 10.7. The van der Waals surface area contributed by atoms with E-state index in [9.17, 15) is 0 Å². The number of fused-ring (bicyclic) bond motifs is 1. The van der Waals surface area contributed by atoms with Gasteiger partial charge in [-0.2, -0.15) is 5.10 Å². The zero-order chi connectivity index (χ0) is 12.4. The molecular weight excluding hydrogens is 244 g/mol. The van der Waals surface area contributed by atoms with Crippen molar-refractivity contribution in [2.45, 2.75) is 11.6 Å². The third-order valence-corrected chi connectivity index (χ3v) is 3.66. The van der Waals surface area contributed by atoms with Crippen LogP contribution in [0.25, 0.3) is 10.9 Å². The molecule has 0 fully saturated rings. The van der Waals surface area contributed by atoms with Crippen molar-refractivity contribution in [3.63, 3.8) is 0 Å². The molecule has 0 unspecified atom stereocenters. The summed E-state index contributed by atoms with van der Waals surface area (Å²) in [6.45, 7) is 0.858. The molecule has 0 aliphatic heterocycles. The number of nitrogen functional groups attached to an aromatic ring is 1. The molecule has 1 aromatic carbocycles. The van der Waals surface area contributed by atoms with Crippen molar-refractivity contribution in [1.82, 2.24) is 14.8 Å². The van der Waals surface area contributed by atoms with Crippen molar-refractivity contribution in [2.75, 3.05) is 11.5 Å². The summed E-state index contributed by atoms with van der Waals surface area (Å²) in [7, 11) is 0. The summed E-state index contributed by atoms with van der Waals surface area (Å²) in [5.41, 5.74) is 6.75. The van der Waals surface area contributed by atoms with Crippen molar-refractivity contribution in [2.24, 2.45) is 0 Å². The zero-order valence-electron chi connectivity index (χ0n) is 9.84. The number of aromatic amines is 1. The van der Waals surface area contributed by atoms with E-state index in [1.165, 1.54) is 15.9 Å². The topological polar surface area (TPSA) is 59.6 Å². The smallest absolute Gasteiger partial charge is 0.145 e. The molecule has 0 saturated heterocycles. The van der Waals surface area contributed by atoms with Crippen LogP contribution in [0.3, 0.4) is 0 Å². The van der Waals surface area contributed by atoms with Crippen molar-refractivity contribution in [1.29, 1.82) is 0 Å². The first-order valence-electron chi connectivity index (χ1n) is 5.81. The van der Waals surface area contributed by atoms with Gasteiger partial charge in [0.1, 0.15) is 5.82 Å². The van der Waals surface area contributed by atoms with Crippen LogP contribution in [0.15, 0.2) is 47.6 Å². The lowest BCUT2D eigenvalue weighted by atomic mass is 10.3. The van der Waals surface area contributed by atoms with Crippen molar-refractivity contribution >= 4 is 28.5 Å². The summed E-state index contributed by atoms with van der Waals surface area (Å²) in [6, 6.07) is 12.3. The molecular formula is C13H14N4S. The SMILES string of the molecule is Nc1ccn(CCSc2cc3ccccc3[nH]2)n1. The molecule has 3 aromatic rings. The number of aryl methyl sites for hydroxylation is 1. The van der Waals surface area contributed by atoms with Crippen LogP contribution in [-0.2, 0) is 6.54 Å². The molecule has 0 atom stereocenters. The Labute approximate surface area is 109 Å². The number of hydrogen-bond acceptors (Lipinski definition) is 3. The lowest BCUT2D eigenvalue weighted by molar-refractivity contribution is 0.669. The van der Waals surface area contributed by atoms with Gasteiger partial charge < -0.3 is 10.7 Å². The minimum absolute atomic E-state index is 0.575. The highest BCUT2D eigenvalue weighted by atomic mass is 32.2. The number of thioether (sulfide) groups is 1. The number of nitrogens with one attached hydrogen (secondary N) is 1. The maximum Gasteiger partial charge on any atom is 0.145 e. The van der Waals surface area contributed by atoms with Gasteiger partial charge >= 0.3 is 0 Å². The van der Waals surface area contributed by atoms with Crippen LogP contribution in [0.1, 0.15) is 0 Å². The average Bonchev–Trinajstić information content (AvgIpc) is 2.95. The molecule has 0 saturated carbocycles. The number of para-hydroxylation sites is 1. The highest BCUT2D eigenvalue weighted by molar-refractivity contribution is 7.99. The average molecular weight is 258 g/mol. The molecule has 2 heterocycles. The van der Waals surface area contributed by atoms with Gasteiger partial charge in [-0.3, -0.25) is 4.68 Å². The Hall–Kier alpha value is -1.88. The Morgan fingerprint density at radius 3 is 2.94 bits per heavy atom. The third kappa shape index (κ3) is 2.36. The van der Waals surface area contributed by atoms with Crippen molar-refractivity contribution < 1.29 is 0 Å². The summed E-state index contributed by atoms with van der Waals surface area (Å²) in [4.78, 5) is 3.40. The van der Waals surface area contributed by atoms with E-state index in [4.69, 9.17) is 5.73 Å². The lowest BCUT2D eigenvalue weighted by Crippen LogP contribution is -2.01. The van der Waals surface area contributed by atoms with E-state index in [2.05, 4.69) is 34.3 Å². The molecule has 92 valence electrons. The number of nitrogens with zero attached hydrogens (tertiary/aromatic N) is 2. The Morgan fingerprint density at radius 2 is 2.17 bits per heavy atom. The van der Waals surface area contributed by atoms with E-state index >= 15 is 0 Å². The number of nitrogens with two attached hydrogens (primary N) is 1. The number of rotatable bonds is 4. The highest BCUT2D eigenvalue weighted by Crippen LogP contribution is 2.23. The van der Waals surface area contributed by atoms with Gasteiger partial charge in [0, 0.05) is 22.9 Å². The Balaban J connectivity index is 1.62. The first kappa shape index (κ1) is 11.2. The molecule has 4 nitrogen and oxygen atoms in total. The van der Waals surface area contributed by atoms with Gasteiger partial charge in [0.2, 0.25) is 0 Å². The first-order valence-corrected chi connectivity index (χ1v) is 6.79. The van der Waals surface area contributed by atoms with Gasteiger partial charge in [-0.1, -0.05) is 18.2 Å². The predicted molar refractivity (Wildman–Crippen MR) is 75.7 cm³/mol. The second-order valence-corrected chi connectivity index (χ2v) is 5.21. The maximum atomic E-state index is 5.57. The van der Waals surface area contributed by atoms with Crippen LogP contribution in [-0.4, -0.2) is 20.5 Å². The van der Waals surface area contributed by atoms with E-state index in [1.54, 1.807) is 11.8 Å². The second-order valence-electron chi connectivity index (χ2n) is 4.07. The summed E-state index contributed by atoms with van der Waals surface area (Å²) in [6.07, 6.45) is 1.90. The lowest BCUT2D eigenvalue weighted by Gasteiger charge is -1.99. The first-order chi connectivity index (χ1) is 8.81. The van der Waals surface area contributed by atoms with Crippen LogP contribution in [0, 0.1) is 0 Å². The van der Waals surface area contributed by atoms with Gasteiger partial charge in [-0.05, 0) is 18.2 Å². The minimum Gasteiger partial charge on any atom is -0.382 e. The van der Waals surface area contributed by atoms with E-state index < -0.39 is 0 Å². The number of anilines is 1. The Kier molecular flexibility index (Phi) is 2.98. The normalized spacial score (nSPS) is 11.1. The largest absolute Gasteiger partial charge is 0.382 e. The molecule has 18 heavy (non-hydrogen) atoms. The Bertz CT molecular complexity index is 623. The summed E-state index contributed by atoms with van der Waals surface area (Å²) >= 11 is 1.79. The molecule has 0 amide bonds. The number of H-pyrrole nitrogens is 1. The number of aromatic nitrogens is 3. The fourth-order valence-electron chi connectivity index (χ4n) is 1.88. The van der Waals surface area contributed by atoms with Gasteiger partial charge in [-0.25, -0.2) is 0 Å². The van der Waals surface area contributed by atoms with Crippen LogP contribution >= 0.6 is 11.8 Å². The molecule has 0 bridgehead atoms. The summed E-state index contributed by atoms with van der Waals surface area (Å²) < 4.78 is 1.87. The van der Waals surface area contributed by atoms with Crippen LogP contribution in [0.4, 0.5) is 5.82 Å². The summed E-state index contributed by atoms with van der Waals surface area (Å²) in [5.74, 6) is 1.54. The molecule has 0 aliphatic rings. The number of hydrogen-bond donors (Lipinski definition) is 2. The van der Waals surface area contributed by atoms with Crippen LogP contribution in [0.2, 0.25) is 0 Å². The maximum absolute atomic E-state index is 5.57. The number of benzene rings is 1. The van der Waals surface area contributed by atoms with Crippen LogP contribution in [0.5, 0.6) is 0 Å². The fraction of sp³-hybridized carbons (Fsp3) is 0.154. The van der Waals surface area contributed by atoms with E-state index in [0.717, 1.165) is 12.3 Å². The minimum atomic E-state index is 0.575. The quantitative estimate of drug-likeness (QED) is 0.707. The van der Waals surface area contributed by atoms with Crippen molar-refractivity contribution in [3.05, 3.63) is 42.6 Å². The molecule has 3 rings (SSSR count). The van der Waals surface area contributed by atoms with E-state index in [1.807, 2.05) is 23.0 Å². The highest BCUT2D eigenvalue weighted by Gasteiger charge is 2.01. The molecule has 5 heteroatoms. The Morgan fingerprint density at radius 1 is 1.28 bits per heavy atom. The third-order valence-electron chi connectivity index (χ3n) is 2.74. The molecule has 3 N–H and O–H groups in total. The van der Waals surface area contributed by atoms with Gasteiger partial charge in [0.25, 0.3) is 0 Å². The van der Waals surface area contributed by atoms with Crippen molar-refractivity contribution in [3.8, 4) is 0 Å². The standard InChI is InChI=1S/C13H14N4S/c14-12-5-6-17(16-12)7-8-18-13-9-10-3-1-2-4-11(10)15-13/h1-6,9,15H,7-8H2,(H2,14,16). The van der Waals surface area contributed by atoms with E-state index in [0.29, 0.717) is 5.82 Å². The molecule has 0 aliphatic carbocycles.